The van der Waals surface area contributed by atoms with E-state index in [9.17, 15) is 0 Å². The lowest BCUT2D eigenvalue weighted by Gasteiger charge is -2.13. The average Bonchev–Trinajstić information content (AvgIpc) is 1.90. The van der Waals surface area contributed by atoms with Crippen LogP contribution in [-0.2, 0) is 4.84 Å². The molecule has 0 spiro atoms. The van der Waals surface area contributed by atoms with E-state index >= 15 is 0 Å². The highest BCUT2D eigenvalue weighted by Gasteiger charge is 1.94. The Morgan fingerprint density at radius 2 is 2.62 bits per heavy atom. The van der Waals surface area contributed by atoms with Crippen LogP contribution in [0.5, 0.6) is 0 Å². The van der Waals surface area contributed by atoms with Gasteiger partial charge in [0.15, 0.2) is 0 Å². The molecule has 0 aromatic carbocycles. The van der Waals surface area contributed by atoms with Gasteiger partial charge in [-0.25, -0.2) is 4.84 Å². The molecule has 0 unspecified atom stereocenters. The molecule has 5 nitrogen and oxygen atoms in total. The van der Waals surface area contributed by atoms with Crippen molar-refractivity contribution in [1.82, 2.24) is 10.7 Å². The zero-order chi connectivity index (χ0) is 5.82. The van der Waals surface area contributed by atoms with E-state index in [1.165, 1.54) is 13.3 Å². The van der Waals surface area contributed by atoms with Crippen molar-refractivity contribution in [1.29, 1.82) is 0 Å². The van der Waals surface area contributed by atoms with Crippen molar-refractivity contribution in [3.63, 3.8) is 0 Å². The van der Waals surface area contributed by atoms with Gasteiger partial charge in [0.25, 0.3) is 0 Å². The number of nitrogens with one attached hydrogen (secondary N) is 1. The first-order chi connectivity index (χ1) is 3.93. The molecular formula is C3H6N4O. The summed E-state index contributed by atoms with van der Waals surface area (Å²) in [6.45, 7) is 0. The SMILES string of the molecule is CON1N=NC=CN1. The van der Waals surface area contributed by atoms with E-state index < -0.39 is 0 Å². The Balaban J connectivity index is 2.40. The maximum Gasteiger partial charge on any atom is 0.0691 e. The Hall–Kier alpha value is -1.10. The lowest BCUT2D eigenvalue weighted by atomic mass is 10.9. The third kappa shape index (κ3) is 0.941. The van der Waals surface area contributed by atoms with Crippen molar-refractivity contribution in [2.45, 2.75) is 0 Å². The van der Waals surface area contributed by atoms with Gasteiger partial charge in [0.05, 0.1) is 13.3 Å². The molecular weight excluding hydrogens is 108 g/mol. The van der Waals surface area contributed by atoms with Crippen molar-refractivity contribution in [2.24, 2.45) is 10.3 Å². The van der Waals surface area contributed by atoms with Gasteiger partial charge >= 0.3 is 0 Å². The van der Waals surface area contributed by atoms with Crippen LogP contribution < -0.4 is 5.43 Å². The number of nitrogens with zero attached hydrogens (tertiary/aromatic N) is 3. The lowest BCUT2D eigenvalue weighted by Crippen LogP contribution is -2.28. The van der Waals surface area contributed by atoms with E-state index in [-0.39, 0.29) is 0 Å². The minimum absolute atomic E-state index is 1.14. The third-order valence-corrected chi connectivity index (χ3v) is 0.632. The lowest BCUT2D eigenvalue weighted by molar-refractivity contribution is -0.169. The first kappa shape index (κ1) is 5.04. The summed E-state index contributed by atoms with van der Waals surface area (Å²) in [6.07, 6.45) is 3.13. The van der Waals surface area contributed by atoms with Gasteiger partial charge in [-0.1, -0.05) is 5.28 Å². The summed E-state index contributed by atoms with van der Waals surface area (Å²) in [5.41, 5.74) is 2.64. The Kier molecular flexibility index (Phi) is 1.43. The first-order valence-electron chi connectivity index (χ1n) is 2.09. The van der Waals surface area contributed by atoms with Gasteiger partial charge in [-0.15, -0.1) is 5.11 Å². The van der Waals surface area contributed by atoms with E-state index in [0.29, 0.717) is 0 Å². The van der Waals surface area contributed by atoms with Gasteiger partial charge < -0.3 is 0 Å². The summed E-state index contributed by atoms with van der Waals surface area (Å²) in [5.74, 6) is 0. The van der Waals surface area contributed by atoms with Crippen molar-refractivity contribution < 1.29 is 4.84 Å². The summed E-state index contributed by atoms with van der Waals surface area (Å²) in [4.78, 5) is 4.60. The van der Waals surface area contributed by atoms with Gasteiger partial charge in [-0.2, -0.15) is 0 Å². The van der Waals surface area contributed by atoms with Gasteiger partial charge in [0, 0.05) is 6.20 Å². The summed E-state index contributed by atoms with van der Waals surface area (Å²) >= 11 is 0. The van der Waals surface area contributed by atoms with E-state index in [1.807, 2.05) is 0 Å². The second kappa shape index (κ2) is 2.27. The number of rotatable bonds is 1. The fourth-order valence-corrected chi connectivity index (χ4v) is 0.322. The van der Waals surface area contributed by atoms with Gasteiger partial charge in [-0.05, 0) is 5.22 Å². The first-order valence-corrected chi connectivity index (χ1v) is 2.09. The molecule has 0 aromatic heterocycles. The van der Waals surface area contributed by atoms with Crippen LogP contribution in [0.3, 0.4) is 0 Å². The number of hydrazine groups is 1. The van der Waals surface area contributed by atoms with E-state index in [0.717, 1.165) is 5.28 Å². The molecule has 0 amide bonds. The molecule has 1 N–H and O–H groups in total. The second-order valence-electron chi connectivity index (χ2n) is 1.11. The molecule has 1 aliphatic heterocycles. The minimum Gasteiger partial charge on any atom is -0.262 e. The van der Waals surface area contributed by atoms with Crippen LogP contribution in [0.4, 0.5) is 0 Å². The summed E-state index contributed by atoms with van der Waals surface area (Å²) in [5, 5.41) is 8.14. The van der Waals surface area contributed by atoms with Gasteiger partial charge in [0.1, 0.15) is 0 Å². The third-order valence-electron chi connectivity index (χ3n) is 0.632. The largest absolute Gasteiger partial charge is 0.262 e. The molecule has 0 saturated heterocycles. The Morgan fingerprint density at radius 1 is 1.75 bits per heavy atom. The fraction of sp³-hybridized carbons (Fsp3) is 0.333. The molecule has 8 heavy (non-hydrogen) atoms. The molecule has 0 atom stereocenters. The van der Waals surface area contributed by atoms with Crippen LogP contribution in [0.2, 0.25) is 0 Å². The van der Waals surface area contributed by atoms with Crippen molar-refractivity contribution in [3.8, 4) is 0 Å². The highest BCUT2D eigenvalue weighted by Crippen LogP contribution is 1.90. The molecule has 0 radical (unpaired) electrons. The molecule has 1 rings (SSSR count). The molecule has 0 bridgehead atoms. The predicted molar refractivity (Wildman–Crippen MR) is 26.0 cm³/mol. The van der Waals surface area contributed by atoms with E-state index in [2.05, 4.69) is 20.6 Å². The zero-order valence-corrected chi connectivity index (χ0v) is 4.40. The highest BCUT2D eigenvalue weighted by molar-refractivity contribution is 4.74. The molecule has 0 aromatic rings. The maximum absolute atomic E-state index is 4.60. The molecule has 0 saturated carbocycles. The van der Waals surface area contributed by atoms with Crippen molar-refractivity contribution in [2.75, 3.05) is 7.11 Å². The zero-order valence-electron chi connectivity index (χ0n) is 4.40. The molecule has 44 valence electrons. The average molecular weight is 114 g/mol. The number of hydrogen-bond acceptors (Lipinski definition) is 5. The van der Waals surface area contributed by atoms with Crippen LogP contribution in [-0.4, -0.2) is 12.4 Å². The summed E-state index contributed by atoms with van der Waals surface area (Å²) < 4.78 is 0. The Morgan fingerprint density at radius 3 is 3.00 bits per heavy atom. The maximum atomic E-state index is 4.60. The summed E-state index contributed by atoms with van der Waals surface area (Å²) in [6, 6.07) is 0. The molecule has 0 aliphatic carbocycles. The van der Waals surface area contributed by atoms with Crippen LogP contribution in [0.1, 0.15) is 0 Å². The minimum atomic E-state index is 1.14. The monoisotopic (exact) mass is 114 g/mol. The van der Waals surface area contributed by atoms with Crippen LogP contribution in [0, 0.1) is 0 Å². The topological polar surface area (TPSA) is 49.2 Å². The van der Waals surface area contributed by atoms with E-state index in [1.54, 1.807) is 6.20 Å². The highest BCUT2D eigenvalue weighted by atomic mass is 16.7. The molecule has 0 fully saturated rings. The van der Waals surface area contributed by atoms with Crippen LogP contribution >= 0.6 is 0 Å². The van der Waals surface area contributed by atoms with Crippen LogP contribution in [0.15, 0.2) is 22.7 Å². The standard InChI is InChI=1S/C3H6N4O/c1-8-7-5-3-2-4-6-7/h2-3,5H,1H3. The Labute approximate surface area is 46.5 Å². The van der Waals surface area contributed by atoms with Crippen LogP contribution in [0.25, 0.3) is 0 Å². The van der Waals surface area contributed by atoms with Crippen molar-refractivity contribution >= 4 is 0 Å². The molecule has 5 heteroatoms. The van der Waals surface area contributed by atoms with E-state index in [4.69, 9.17) is 0 Å². The fourth-order valence-electron chi connectivity index (χ4n) is 0.322. The van der Waals surface area contributed by atoms with Gasteiger partial charge in [-0.3, -0.25) is 5.43 Å². The quantitative estimate of drug-likeness (QED) is 0.530. The second-order valence-corrected chi connectivity index (χ2v) is 1.11. The predicted octanol–water partition coefficient (Wildman–Crippen LogP) is 0.206. The normalized spacial score (nSPS) is 16.4. The molecule has 1 aliphatic rings. The summed E-state index contributed by atoms with van der Waals surface area (Å²) in [7, 11) is 1.49. The van der Waals surface area contributed by atoms with Gasteiger partial charge in [0.2, 0.25) is 0 Å². The van der Waals surface area contributed by atoms with Crippen molar-refractivity contribution in [3.05, 3.63) is 12.4 Å². The number of hydrogen-bond donors (Lipinski definition) is 1. The Bertz CT molecular complexity index is 120. The molecule has 1 heterocycles. The smallest absolute Gasteiger partial charge is 0.0691 e.